The Morgan fingerprint density at radius 2 is 2.11 bits per heavy atom. The van der Waals surface area contributed by atoms with Crippen LogP contribution in [0.1, 0.15) is 49.1 Å². The molecule has 0 spiro atoms. The van der Waals surface area contributed by atoms with Gasteiger partial charge in [0, 0.05) is 5.92 Å². The zero-order valence-corrected chi connectivity index (χ0v) is 11.7. The van der Waals surface area contributed by atoms with Crippen LogP contribution in [0.2, 0.25) is 0 Å². The van der Waals surface area contributed by atoms with E-state index < -0.39 is 5.97 Å². The molecule has 0 saturated heterocycles. The molecular formula is C16H22O3. The van der Waals surface area contributed by atoms with Crippen molar-refractivity contribution in [2.24, 2.45) is 5.92 Å². The molecule has 2 rings (SSSR count). The first kappa shape index (κ1) is 13.9. The maximum Gasteiger partial charge on any atom is 0.303 e. The second-order valence-electron chi connectivity index (χ2n) is 5.49. The van der Waals surface area contributed by atoms with Crippen LogP contribution in [-0.2, 0) is 4.79 Å². The van der Waals surface area contributed by atoms with E-state index in [9.17, 15) is 9.90 Å². The normalized spacial score (nSPS) is 17.4. The summed E-state index contributed by atoms with van der Waals surface area (Å²) in [6.45, 7) is 2.04. The molecule has 1 aliphatic rings. The number of aryl methyl sites for hydroxylation is 1. The fraction of sp³-hybridized carbons (Fsp3) is 0.562. The van der Waals surface area contributed by atoms with Gasteiger partial charge in [0.1, 0.15) is 5.75 Å². The van der Waals surface area contributed by atoms with Crippen molar-refractivity contribution in [1.29, 1.82) is 0 Å². The molecule has 1 unspecified atom stereocenters. The van der Waals surface area contributed by atoms with Gasteiger partial charge in [0.15, 0.2) is 0 Å². The molecule has 0 heterocycles. The minimum Gasteiger partial charge on any atom is -0.496 e. The highest BCUT2D eigenvalue weighted by Gasteiger charge is 2.30. The van der Waals surface area contributed by atoms with Crippen molar-refractivity contribution in [3.05, 3.63) is 29.3 Å². The molecule has 1 aromatic carbocycles. The SMILES string of the molecule is COc1ccc(C)cc1C(CC(=O)O)C1CCCC1. The van der Waals surface area contributed by atoms with E-state index in [0.717, 1.165) is 29.7 Å². The monoisotopic (exact) mass is 262 g/mol. The van der Waals surface area contributed by atoms with Crippen LogP contribution in [0.5, 0.6) is 5.75 Å². The van der Waals surface area contributed by atoms with Crippen LogP contribution in [0.3, 0.4) is 0 Å². The summed E-state index contributed by atoms with van der Waals surface area (Å²) in [5.74, 6) is 0.658. The summed E-state index contributed by atoms with van der Waals surface area (Å²) in [5.41, 5.74) is 2.22. The number of ether oxygens (including phenoxy) is 1. The summed E-state index contributed by atoms with van der Waals surface area (Å²) in [6.07, 6.45) is 4.90. The Morgan fingerprint density at radius 1 is 1.42 bits per heavy atom. The van der Waals surface area contributed by atoms with Crippen LogP contribution in [0.4, 0.5) is 0 Å². The van der Waals surface area contributed by atoms with Gasteiger partial charge in [0.2, 0.25) is 0 Å². The van der Waals surface area contributed by atoms with E-state index in [1.807, 2.05) is 19.1 Å². The van der Waals surface area contributed by atoms with Gasteiger partial charge < -0.3 is 9.84 Å². The standard InChI is InChI=1S/C16H22O3/c1-11-7-8-15(19-2)14(9-11)13(10-16(17)18)12-5-3-4-6-12/h7-9,12-13H,3-6,10H2,1-2H3,(H,17,18). The summed E-state index contributed by atoms with van der Waals surface area (Å²) < 4.78 is 5.43. The Labute approximate surface area is 114 Å². The second-order valence-corrected chi connectivity index (χ2v) is 5.49. The first-order valence-corrected chi connectivity index (χ1v) is 6.98. The van der Waals surface area contributed by atoms with Crippen LogP contribution in [-0.4, -0.2) is 18.2 Å². The van der Waals surface area contributed by atoms with Gasteiger partial charge in [0.25, 0.3) is 0 Å². The maximum absolute atomic E-state index is 11.2. The smallest absolute Gasteiger partial charge is 0.303 e. The molecule has 0 aliphatic heterocycles. The Kier molecular flexibility index (Phi) is 4.46. The average Bonchev–Trinajstić information content (AvgIpc) is 2.89. The van der Waals surface area contributed by atoms with Crippen molar-refractivity contribution in [2.45, 2.75) is 44.9 Å². The van der Waals surface area contributed by atoms with Crippen LogP contribution < -0.4 is 4.74 Å². The highest BCUT2D eigenvalue weighted by molar-refractivity contribution is 5.68. The van der Waals surface area contributed by atoms with E-state index in [2.05, 4.69) is 6.07 Å². The van der Waals surface area contributed by atoms with Crippen LogP contribution in [0, 0.1) is 12.8 Å². The molecule has 1 saturated carbocycles. The molecule has 0 aromatic heterocycles. The average molecular weight is 262 g/mol. The van der Waals surface area contributed by atoms with E-state index >= 15 is 0 Å². The minimum absolute atomic E-state index is 0.0786. The number of methoxy groups -OCH3 is 1. The Hall–Kier alpha value is -1.51. The van der Waals surface area contributed by atoms with E-state index in [1.54, 1.807) is 7.11 Å². The molecule has 19 heavy (non-hydrogen) atoms. The molecule has 1 fully saturated rings. The molecule has 3 heteroatoms. The van der Waals surface area contributed by atoms with Crippen molar-refractivity contribution >= 4 is 5.97 Å². The number of aliphatic carboxylic acids is 1. The number of carboxylic acids is 1. The summed E-state index contributed by atoms with van der Waals surface area (Å²) in [5, 5.41) is 9.20. The van der Waals surface area contributed by atoms with E-state index in [1.165, 1.54) is 12.8 Å². The van der Waals surface area contributed by atoms with E-state index in [0.29, 0.717) is 5.92 Å². The van der Waals surface area contributed by atoms with Crippen molar-refractivity contribution in [1.82, 2.24) is 0 Å². The molecule has 0 radical (unpaired) electrons. The minimum atomic E-state index is -0.722. The van der Waals surface area contributed by atoms with Crippen molar-refractivity contribution in [3.8, 4) is 5.75 Å². The predicted molar refractivity (Wildman–Crippen MR) is 74.7 cm³/mol. The fourth-order valence-electron chi connectivity index (χ4n) is 3.22. The third kappa shape index (κ3) is 3.28. The largest absolute Gasteiger partial charge is 0.496 e. The van der Waals surface area contributed by atoms with Crippen LogP contribution in [0.15, 0.2) is 18.2 Å². The lowest BCUT2D eigenvalue weighted by Crippen LogP contribution is -2.15. The number of benzene rings is 1. The highest BCUT2D eigenvalue weighted by atomic mass is 16.5. The van der Waals surface area contributed by atoms with Gasteiger partial charge >= 0.3 is 5.97 Å². The van der Waals surface area contributed by atoms with Gasteiger partial charge in [-0.1, -0.05) is 30.5 Å². The quantitative estimate of drug-likeness (QED) is 0.879. The lowest BCUT2D eigenvalue weighted by atomic mass is 9.81. The summed E-state index contributed by atoms with van der Waals surface area (Å²) in [7, 11) is 1.65. The van der Waals surface area contributed by atoms with Crippen molar-refractivity contribution in [2.75, 3.05) is 7.11 Å². The molecule has 1 aromatic rings. The zero-order chi connectivity index (χ0) is 13.8. The highest BCUT2D eigenvalue weighted by Crippen LogP contribution is 2.42. The fourth-order valence-corrected chi connectivity index (χ4v) is 3.22. The molecular weight excluding hydrogens is 240 g/mol. The molecule has 104 valence electrons. The van der Waals surface area contributed by atoms with Gasteiger partial charge in [-0.25, -0.2) is 0 Å². The summed E-state index contributed by atoms with van der Waals surface area (Å²) >= 11 is 0. The number of hydrogen-bond acceptors (Lipinski definition) is 2. The molecule has 1 atom stereocenters. The lowest BCUT2D eigenvalue weighted by molar-refractivity contribution is -0.137. The summed E-state index contributed by atoms with van der Waals surface area (Å²) in [4.78, 5) is 11.2. The first-order chi connectivity index (χ1) is 9.11. The van der Waals surface area contributed by atoms with E-state index in [4.69, 9.17) is 4.74 Å². The van der Waals surface area contributed by atoms with Gasteiger partial charge in [-0.15, -0.1) is 0 Å². The molecule has 3 nitrogen and oxygen atoms in total. The van der Waals surface area contributed by atoms with Crippen LogP contribution in [0.25, 0.3) is 0 Å². The van der Waals surface area contributed by atoms with E-state index in [-0.39, 0.29) is 12.3 Å². The Bertz CT molecular complexity index is 447. The zero-order valence-electron chi connectivity index (χ0n) is 11.7. The molecule has 1 N–H and O–H groups in total. The maximum atomic E-state index is 11.2. The Morgan fingerprint density at radius 3 is 2.68 bits per heavy atom. The summed E-state index contributed by atoms with van der Waals surface area (Å²) in [6, 6.07) is 6.05. The van der Waals surface area contributed by atoms with Gasteiger partial charge in [0.05, 0.1) is 13.5 Å². The number of hydrogen-bond donors (Lipinski definition) is 1. The van der Waals surface area contributed by atoms with Crippen molar-refractivity contribution in [3.63, 3.8) is 0 Å². The third-order valence-electron chi connectivity index (χ3n) is 4.15. The topological polar surface area (TPSA) is 46.5 Å². The Balaban J connectivity index is 2.35. The number of carbonyl (C=O) groups is 1. The van der Waals surface area contributed by atoms with Gasteiger partial charge in [-0.05, 0) is 37.3 Å². The lowest BCUT2D eigenvalue weighted by Gasteiger charge is -2.24. The third-order valence-corrected chi connectivity index (χ3v) is 4.15. The predicted octanol–water partition coefficient (Wildman–Crippen LogP) is 3.75. The van der Waals surface area contributed by atoms with Gasteiger partial charge in [-0.2, -0.15) is 0 Å². The van der Waals surface area contributed by atoms with Crippen molar-refractivity contribution < 1.29 is 14.6 Å². The second kappa shape index (κ2) is 6.09. The van der Waals surface area contributed by atoms with Crippen LogP contribution >= 0.6 is 0 Å². The van der Waals surface area contributed by atoms with Gasteiger partial charge in [-0.3, -0.25) is 4.79 Å². The molecule has 0 amide bonds. The molecule has 1 aliphatic carbocycles. The first-order valence-electron chi connectivity index (χ1n) is 6.98. The number of carboxylic acid groups (broad SMARTS) is 1. The molecule has 0 bridgehead atoms. The number of rotatable bonds is 5.